The summed E-state index contributed by atoms with van der Waals surface area (Å²) >= 11 is 5.82. The molecule has 2 fully saturated rings. The zero-order valence-electron chi connectivity index (χ0n) is 13.2. The van der Waals surface area contributed by atoms with Gasteiger partial charge in [-0.25, -0.2) is 17.5 Å². The predicted octanol–water partition coefficient (Wildman–Crippen LogP) is 2.55. The zero-order chi connectivity index (χ0) is 17.3. The monoisotopic (exact) mass is 374 g/mol. The summed E-state index contributed by atoms with van der Waals surface area (Å²) < 4.78 is 40.2. The van der Waals surface area contributed by atoms with Gasteiger partial charge in [-0.2, -0.15) is 0 Å². The Hall–Kier alpha value is -1.18. The number of nitrogens with zero attached hydrogens (tertiary/aromatic N) is 1. The van der Waals surface area contributed by atoms with E-state index in [1.165, 1.54) is 0 Å². The molecule has 1 aromatic carbocycles. The Kier molecular flexibility index (Phi) is 5.13. The van der Waals surface area contributed by atoms with E-state index in [9.17, 15) is 17.6 Å². The molecular weight excluding hydrogens is 355 g/mol. The number of sulfonamides is 1. The lowest BCUT2D eigenvalue weighted by atomic mass is 10.1. The van der Waals surface area contributed by atoms with Crippen LogP contribution in [0.4, 0.5) is 4.39 Å². The number of hydrogen-bond donors (Lipinski definition) is 1. The van der Waals surface area contributed by atoms with Gasteiger partial charge < -0.3 is 4.90 Å². The van der Waals surface area contributed by atoms with Crippen molar-refractivity contribution in [3.8, 4) is 0 Å². The molecule has 1 atom stereocenters. The minimum atomic E-state index is -3.83. The van der Waals surface area contributed by atoms with Gasteiger partial charge in [-0.3, -0.25) is 4.79 Å². The highest BCUT2D eigenvalue weighted by Crippen LogP contribution is 2.29. The van der Waals surface area contributed by atoms with E-state index < -0.39 is 15.8 Å². The van der Waals surface area contributed by atoms with E-state index >= 15 is 0 Å². The van der Waals surface area contributed by atoms with Crippen molar-refractivity contribution in [1.29, 1.82) is 0 Å². The van der Waals surface area contributed by atoms with Crippen LogP contribution in [-0.2, 0) is 14.8 Å². The number of carbonyl (C=O) groups excluding carboxylic acids is 1. The van der Waals surface area contributed by atoms with E-state index in [1.54, 1.807) is 0 Å². The molecule has 8 heteroatoms. The Balaban J connectivity index is 1.62. The molecule has 0 bridgehead atoms. The Bertz CT molecular complexity index is 735. The van der Waals surface area contributed by atoms with Gasteiger partial charge in [0.15, 0.2) is 0 Å². The highest BCUT2D eigenvalue weighted by Gasteiger charge is 2.35. The van der Waals surface area contributed by atoms with E-state index in [4.69, 9.17) is 11.6 Å². The molecule has 2 aliphatic rings. The van der Waals surface area contributed by atoms with Crippen LogP contribution in [0.25, 0.3) is 0 Å². The molecule has 0 aromatic heterocycles. The van der Waals surface area contributed by atoms with Crippen molar-refractivity contribution in [2.75, 3.05) is 13.1 Å². The maximum Gasteiger partial charge on any atom is 0.242 e. The van der Waals surface area contributed by atoms with Crippen molar-refractivity contribution in [3.05, 3.63) is 29.0 Å². The zero-order valence-corrected chi connectivity index (χ0v) is 14.7. The van der Waals surface area contributed by atoms with Gasteiger partial charge in [0.1, 0.15) is 10.7 Å². The standard InChI is InChI=1S/C16H20ClFN2O3S/c17-14-8-12(18)5-6-15(14)24(22,23)19-9-11-7-16(21)20(10-11)13-3-1-2-4-13/h5-6,8,11,13,19H,1-4,7,9-10H2. The van der Waals surface area contributed by atoms with Crippen LogP contribution in [0.2, 0.25) is 5.02 Å². The van der Waals surface area contributed by atoms with Crippen molar-refractivity contribution >= 4 is 27.5 Å². The number of carbonyl (C=O) groups is 1. The van der Waals surface area contributed by atoms with Crippen LogP contribution in [0.1, 0.15) is 32.1 Å². The fourth-order valence-electron chi connectivity index (χ4n) is 3.51. The molecule has 1 unspecified atom stereocenters. The maximum absolute atomic E-state index is 13.1. The van der Waals surface area contributed by atoms with Crippen LogP contribution in [-0.4, -0.2) is 38.4 Å². The van der Waals surface area contributed by atoms with E-state index in [-0.39, 0.29) is 28.3 Å². The SMILES string of the molecule is O=C1CC(CNS(=O)(=O)c2ccc(F)cc2Cl)CN1C1CCCC1. The molecule has 1 saturated carbocycles. The number of hydrogen-bond acceptors (Lipinski definition) is 3. The van der Waals surface area contributed by atoms with Crippen LogP contribution >= 0.6 is 11.6 Å². The van der Waals surface area contributed by atoms with E-state index in [0.29, 0.717) is 19.0 Å². The Morgan fingerprint density at radius 3 is 2.67 bits per heavy atom. The lowest BCUT2D eigenvalue weighted by Gasteiger charge is -2.24. The average Bonchev–Trinajstić information content (AvgIpc) is 3.14. The number of benzene rings is 1. The molecular formula is C16H20ClFN2O3S. The maximum atomic E-state index is 13.1. The van der Waals surface area contributed by atoms with E-state index in [0.717, 1.165) is 43.9 Å². The third kappa shape index (κ3) is 3.73. The largest absolute Gasteiger partial charge is 0.339 e. The van der Waals surface area contributed by atoms with Crippen LogP contribution in [0.15, 0.2) is 23.1 Å². The number of halogens is 2. The molecule has 24 heavy (non-hydrogen) atoms. The Morgan fingerprint density at radius 1 is 1.29 bits per heavy atom. The fraction of sp³-hybridized carbons (Fsp3) is 0.562. The first-order chi connectivity index (χ1) is 11.4. The topological polar surface area (TPSA) is 66.5 Å². The van der Waals surface area contributed by atoms with Gasteiger partial charge in [-0.05, 0) is 37.0 Å². The normalized spacial score (nSPS) is 22.5. The molecule has 1 heterocycles. The van der Waals surface area contributed by atoms with Crippen molar-refractivity contribution in [1.82, 2.24) is 9.62 Å². The van der Waals surface area contributed by atoms with Crippen molar-refractivity contribution < 1.29 is 17.6 Å². The fourth-order valence-corrected chi connectivity index (χ4v) is 5.16. The summed E-state index contributed by atoms with van der Waals surface area (Å²) in [5, 5.41) is -0.155. The number of nitrogens with one attached hydrogen (secondary N) is 1. The van der Waals surface area contributed by atoms with Gasteiger partial charge in [-0.15, -0.1) is 0 Å². The number of rotatable bonds is 5. The molecule has 1 saturated heterocycles. The summed E-state index contributed by atoms with van der Waals surface area (Å²) in [7, 11) is -3.83. The van der Waals surface area contributed by atoms with Crippen LogP contribution < -0.4 is 4.72 Å². The quantitative estimate of drug-likeness (QED) is 0.861. The predicted molar refractivity (Wildman–Crippen MR) is 88.7 cm³/mol. The third-order valence-electron chi connectivity index (χ3n) is 4.75. The molecule has 5 nitrogen and oxygen atoms in total. The molecule has 3 rings (SSSR count). The minimum absolute atomic E-state index is 0.0490. The lowest BCUT2D eigenvalue weighted by Crippen LogP contribution is -2.36. The van der Waals surface area contributed by atoms with Crippen molar-refractivity contribution in [2.24, 2.45) is 5.92 Å². The van der Waals surface area contributed by atoms with E-state index in [1.807, 2.05) is 4.90 Å². The number of likely N-dealkylation sites (tertiary alicyclic amines) is 1. The Labute approximate surface area is 146 Å². The van der Waals surface area contributed by atoms with Crippen LogP contribution in [0, 0.1) is 11.7 Å². The molecule has 1 amide bonds. The first kappa shape index (κ1) is 17.6. The molecule has 1 aliphatic carbocycles. The van der Waals surface area contributed by atoms with Gasteiger partial charge in [0.05, 0.1) is 5.02 Å². The summed E-state index contributed by atoms with van der Waals surface area (Å²) in [5.41, 5.74) is 0. The second kappa shape index (κ2) is 6.98. The smallest absolute Gasteiger partial charge is 0.242 e. The summed E-state index contributed by atoms with van der Waals surface area (Å²) in [6.07, 6.45) is 4.73. The average molecular weight is 375 g/mol. The summed E-state index contributed by atoms with van der Waals surface area (Å²) in [6, 6.07) is 3.48. The molecule has 132 valence electrons. The highest BCUT2D eigenvalue weighted by atomic mass is 35.5. The van der Waals surface area contributed by atoms with Crippen molar-refractivity contribution in [2.45, 2.75) is 43.0 Å². The van der Waals surface area contributed by atoms with Crippen LogP contribution in [0.5, 0.6) is 0 Å². The highest BCUT2D eigenvalue weighted by molar-refractivity contribution is 7.89. The third-order valence-corrected chi connectivity index (χ3v) is 6.66. The summed E-state index contributed by atoms with van der Waals surface area (Å²) in [5.74, 6) is -0.537. The molecule has 1 aliphatic heterocycles. The van der Waals surface area contributed by atoms with Gasteiger partial charge in [0.2, 0.25) is 15.9 Å². The molecule has 0 spiro atoms. The first-order valence-corrected chi connectivity index (χ1v) is 9.97. The van der Waals surface area contributed by atoms with Gasteiger partial charge in [0, 0.05) is 25.6 Å². The van der Waals surface area contributed by atoms with Gasteiger partial charge in [0.25, 0.3) is 0 Å². The summed E-state index contributed by atoms with van der Waals surface area (Å²) in [6.45, 7) is 0.758. The first-order valence-electron chi connectivity index (χ1n) is 8.11. The van der Waals surface area contributed by atoms with Crippen LogP contribution in [0.3, 0.4) is 0 Å². The molecule has 1 N–H and O–H groups in total. The summed E-state index contributed by atoms with van der Waals surface area (Å²) in [4.78, 5) is 13.9. The molecule has 0 radical (unpaired) electrons. The van der Waals surface area contributed by atoms with Gasteiger partial charge >= 0.3 is 0 Å². The Morgan fingerprint density at radius 2 is 2.00 bits per heavy atom. The lowest BCUT2D eigenvalue weighted by molar-refractivity contribution is -0.129. The minimum Gasteiger partial charge on any atom is -0.339 e. The van der Waals surface area contributed by atoms with E-state index in [2.05, 4.69) is 4.72 Å². The second-order valence-electron chi connectivity index (χ2n) is 6.48. The van der Waals surface area contributed by atoms with Gasteiger partial charge in [-0.1, -0.05) is 24.4 Å². The second-order valence-corrected chi connectivity index (χ2v) is 8.62. The molecule has 1 aromatic rings. The van der Waals surface area contributed by atoms with Crippen molar-refractivity contribution in [3.63, 3.8) is 0 Å². The number of amides is 1.